The first-order valence-electron chi connectivity index (χ1n) is 7.06. The maximum absolute atomic E-state index is 11.4. The molecule has 5 nitrogen and oxygen atoms in total. The van der Waals surface area contributed by atoms with E-state index >= 15 is 0 Å². The van der Waals surface area contributed by atoms with E-state index in [1.807, 2.05) is 44.2 Å². The summed E-state index contributed by atoms with van der Waals surface area (Å²) in [6, 6.07) is 9.84. The van der Waals surface area contributed by atoms with E-state index in [0.717, 1.165) is 11.1 Å². The van der Waals surface area contributed by atoms with Gasteiger partial charge >= 0.3 is 6.03 Å². The normalized spacial score (nSPS) is 10.4. The third-order valence-corrected chi connectivity index (χ3v) is 2.86. The molecule has 2 aromatic rings. The number of carbonyl (C=O) groups excluding carboxylic acids is 1. The van der Waals surface area contributed by atoms with E-state index in [-0.39, 0.29) is 12.1 Å². The molecule has 110 valence electrons. The van der Waals surface area contributed by atoms with Gasteiger partial charge in [0, 0.05) is 30.5 Å². The number of nitrogens with zero attached hydrogens (tertiary/aromatic N) is 2. The molecule has 1 heterocycles. The van der Waals surface area contributed by atoms with Crippen molar-refractivity contribution in [2.75, 3.05) is 6.54 Å². The minimum Gasteiger partial charge on any atom is -0.338 e. The van der Waals surface area contributed by atoms with Gasteiger partial charge in [0.05, 0.1) is 0 Å². The quantitative estimate of drug-likeness (QED) is 0.886. The maximum Gasteiger partial charge on any atom is 0.314 e. The van der Waals surface area contributed by atoms with Crippen molar-refractivity contribution in [2.45, 2.75) is 26.3 Å². The first-order chi connectivity index (χ1) is 10.1. The third kappa shape index (κ3) is 4.87. The van der Waals surface area contributed by atoms with E-state index in [1.54, 1.807) is 12.4 Å². The molecule has 0 saturated carbocycles. The fraction of sp³-hybridized carbons (Fsp3) is 0.312. The summed E-state index contributed by atoms with van der Waals surface area (Å²) in [4.78, 5) is 20.1. The lowest BCUT2D eigenvalue weighted by atomic mass is 10.2. The summed E-state index contributed by atoms with van der Waals surface area (Å²) >= 11 is 0. The van der Waals surface area contributed by atoms with Crippen LogP contribution in [0.1, 0.15) is 19.4 Å². The van der Waals surface area contributed by atoms with Crippen LogP contribution in [0.5, 0.6) is 0 Å². The van der Waals surface area contributed by atoms with E-state index < -0.39 is 0 Å². The van der Waals surface area contributed by atoms with Crippen LogP contribution in [0.3, 0.4) is 0 Å². The van der Waals surface area contributed by atoms with E-state index in [9.17, 15) is 4.79 Å². The summed E-state index contributed by atoms with van der Waals surface area (Å²) < 4.78 is 0. The molecule has 0 bridgehead atoms. The number of nitrogens with one attached hydrogen (secondary N) is 2. The molecular weight excluding hydrogens is 264 g/mol. The smallest absolute Gasteiger partial charge is 0.314 e. The van der Waals surface area contributed by atoms with Gasteiger partial charge in [-0.1, -0.05) is 30.3 Å². The number of benzene rings is 1. The minimum atomic E-state index is -0.146. The Morgan fingerprint density at radius 1 is 1.14 bits per heavy atom. The van der Waals surface area contributed by atoms with Gasteiger partial charge in [-0.25, -0.2) is 14.8 Å². The molecule has 2 N–H and O–H groups in total. The largest absolute Gasteiger partial charge is 0.338 e. The van der Waals surface area contributed by atoms with Crippen molar-refractivity contribution in [3.63, 3.8) is 0 Å². The highest BCUT2D eigenvalue weighted by molar-refractivity contribution is 5.74. The van der Waals surface area contributed by atoms with Crippen molar-refractivity contribution in [2.24, 2.45) is 0 Å². The minimum absolute atomic E-state index is 0.137. The highest BCUT2D eigenvalue weighted by Gasteiger charge is 2.03. The molecule has 1 aromatic carbocycles. The predicted molar refractivity (Wildman–Crippen MR) is 82.8 cm³/mol. The van der Waals surface area contributed by atoms with Crippen LogP contribution in [0, 0.1) is 0 Å². The number of carbonyl (C=O) groups is 1. The lowest BCUT2D eigenvalue weighted by Crippen LogP contribution is -2.40. The molecule has 5 heteroatoms. The Kier molecular flexibility index (Phi) is 5.26. The van der Waals surface area contributed by atoms with Crippen molar-refractivity contribution < 1.29 is 4.79 Å². The molecule has 0 aliphatic rings. The summed E-state index contributed by atoms with van der Waals surface area (Å²) in [5.41, 5.74) is 2.00. The number of urea groups is 1. The van der Waals surface area contributed by atoms with Crippen molar-refractivity contribution in [3.05, 3.63) is 48.3 Å². The van der Waals surface area contributed by atoms with Gasteiger partial charge < -0.3 is 10.6 Å². The predicted octanol–water partition coefficient (Wildman–Crippen LogP) is 2.39. The van der Waals surface area contributed by atoms with E-state index in [2.05, 4.69) is 20.6 Å². The summed E-state index contributed by atoms with van der Waals surface area (Å²) in [6.45, 7) is 4.41. The van der Waals surface area contributed by atoms with Crippen LogP contribution in [-0.4, -0.2) is 28.6 Å². The van der Waals surface area contributed by atoms with Crippen LogP contribution < -0.4 is 10.6 Å². The van der Waals surface area contributed by atoms with Crippen LogP contribution in [-0.2, 0) is 6.42 Å². The molecule has 0 spiro atoms. The average Bonchev–Trinajstić information content (AvgIpc) is 2.48. The Morgan fingerprint density at radius 3 is 2.43 bits per heavy atom. The zero-order valence-electron chi connectivity index (χ0n) is 12.3. The van der Waals surface area contributed by atoms with Gasteiger partial charge in [0.2, 0.25) is 0 Å². The molecule has 2 amide bonds. The SMILES string of the molecule is CC(C)NC(=O)NCCc1cnc(-c2ccccc2)nc1. The summed E-state index contributed by atoms with van der Waals surface area (Å²) in [6.07, 6.45) is 4.31. The molecule has 1 aromatic heterocycles. The Balaban J connectivity index is 1.84. The second kappa shape index (κ2) is 7.38. The topological polar surface area (TPSA) is 66.9 Å². The standard InChI is InChI=1S/C16H20N4O/c1-12(2)20-16(21)17-9-8-13-10-18-15(19-11-13)14-6-4-3-5-7-14/h3-7,10-12H,8-9H2,1-2H3,(H2,17,20,21). The molecule has 0 aliphatic heterocycles. The Hall–Kier alpha value is -2.43. The maximum atomic E-state index is 11.4. The van der Waals surface area contributed by atoms with Gasteiger partial charge in [-0.15, -0.1) is 0 Å². The summed E-state index contributed by atoms with van der Waals surface area (Å²) in [5, 5.41) is 5.58. The van der Waals surface area contributed by atoms with Gasteiger partial charge in [-0.3, -0.25) is 0 Å². The number of aromatic nitrogens is 2. The molecule has 21 heavy (non-hydrogen) atoms. The summed E-state index contributed by atoms with van der Waals surface area (Å²) in [5.74, 6) is 0.713. The first-order valence-corrected chi connectivity index (χ1v) is 7.06. The molecule has 0 saturated heterocycles. The zero-order valence-corrected chi connectivity index (χ0v) is 12.3. The molecule has 0 atom stereocenters. The number of hydrogen-bond acceptors (Lipinski definition) is 3. The van der Waals surface area contributed by atoms with E-state index in [1.165, 1.54) is 0 Å². The van der Waals surface area contributed by atoms with Gasteiger partial charge in [0.15, 0.2) is 5.82 Å². The van der Waals surface area contributed by atoms with Crippen molar-refractivity contribution in [1.82, 2.24) is 20.6 Å². The highest BCUT2D eigenvalue weighted by Crippen LogP contribution is 2.13. The second-order valence-electron chi connectivity index (χ2n) is 5.09. The lowest BCUT2D eigenvalue weighted by Gasteiger charge is -2.09. The second-order valence-corrected chi connectivity index (χ2v) is 5.09. The lowest BCUT2D eigenvalue weighted by molar-refractivity contribution is 0.238. The van der Waals surface area contributed by atoms with Crippen LogP contribution in [0.25, 0.3) is 11.4 Å². The molecule has 0 fully saturated rings. The molecule has 0 unspecified atom stereocenters. The van der Waals surface area contributed by atoms with Crippen molar-refractivity contribution in [3.8, 4) is 11.4 Å². The fourth-order valence-corrected chi connectivity index (χ4v) is 1.85. The number of hydrogen-bond donors (Lipinski definition) is 2. The van der Waals surface area contributed by atoms with Crippen LogP contribution in [0.4, 0.5) is 4.79 Å². The monoisotopic (exact) mass is 284 g/mol. The highest BCUT2D eigenvalue weighted by atomic mass is 16.2. The molecule has 0 aliphatic carbocycles. The van der Waals surface area contributed by atoms with E-state index in [4.69, 9.17) is 0 Å². The Labute approximate surface area is 124 Å². The summed E-state index contributed by atoms with van der Waals surface area (Å²) in [7, 11) is 0. The fourth-order valence-electron chi connectivity index (χ4n) is 1.85. The molecular formula is C16H20N4O. The van der Waals surface area contributed by atoms with Crippen molar-refractivity contribution >= 4 is 6.03 Å². The van der Waals surface area contributed by atoms with Gasteiger partial charge in [-0.05, 0) is 25.8 Å². The zero-order chi connectivity index (χ0) is 15.1. The van der Waals surface area contributed by atoms with Crippen LogP contribution in [0.15, 0.2) is 42.7 Å². The number of amides is 2. The van der Waals surface area contributed by atoms with Gasteiger partial charge in [-0.2, -0.15) is 0 Å². The Bertz CT molecular complexity index is 567. The number of rotatable bonds is 5. The molecule has 2 rings (SSSR count). The molecule has 0 radical (unpaired) electrons. The van der Waals surface area contributed by atoms with Crippen LogP contribution in [0.2, 0.25) is 0 Å². The average molecular weight is 284 g/mol. The Morgan fingerprint density at radius 2 is 1.81 bits per heavy atom. The van der Waals surface area contributed by atoms with Crippen molar-refractivity contribution in [1.29, 1.82) is 0 Å². The first kappa shape index (κ1) is 15.0. The van der Waals surface area contributed by atoms with Gasteiger partial charge in [0.25, 0.3) is 0 Å². The van der Waals surface area contributed by atoms with Gasteiger partial charge in [0.1, 0.15) is 0 Å². The van der Waals surface area contributed by atoms with Crippen LogP contribution >= 0.6 is 0 Å². The van der Waals surface area contributed by atoms with E-state index in [0.29, 0.717) is 18.8 Å². The third-order valence-electron chi connectivity index (χ3n) is 2.86.